The van der Waals surface area contributed by atoms with E-state index in [1.165, 1.54) is 49.5 Å². The Hall–Kier alpha value is -1.91. The van der Waals surface area contributed by atoms with Crippen molar-refractivity contribution >= 4 is 20.0 Å². The van der Waals surface area contributed by atoms with E-state index in [2.05, 4.69) is 5.10 Å². The molecule has 1 fully saturated rings. The SMILES string of the molecule is COc1ccc(S(=O)(=O)n2nc(C)c(S(=O)(=O)N3CCCCCC3)c2C)cc1. The van der Waals surface area contributed by atoms with Crippen LogP contribution in [0.15, 0.2) is 34.1 Å². The van der Waals surface area contributed by atoms with Crippen LogP contribution in [0.25, 0.3) is 0 Å². The van der Waals surface area contributed by atoms with Crippen LogP contribution < -0.4 is 4.74 Å². The summed E-state index contributed by atoms with van der Waals surface area (Å²) in [6, 6.07) is 5.89. The molecule has 10 heteroatoms. The number of hydrogen-bond acceptors (Lipinski definition) is 6. The van der Waals surface area contributed by atoms with Crippen LogP contribution in [0, 0.1) is 13.8 Å². The highest BCUT2D eigenvalue weighted by Gasteiger charge is 2.34. The van der Waals surface area contributed by atoms with Crippen molar-refractivity contribution in [2.24, 2.45) is 0 Å². The first-order valence-corrected chi connectivity index (χ1v) is 12.0. The van der Waals surface area contributed by atoms with Crippen LogP contribution in [0.3, 0.4) is 0 Å². The number of rotatable bonds is 5. The average molecular weight is 428 g/mol. The molecule has 0 N–H and O–H groups in total. The standard InChI is InChI=1S/C18H25N3O5S2/c1-14-18(28(24,25)20-12-6-4-5-7-13-20)15(2)21(19-14)27(22,23)17-10-8-16(26-3)9-11-17/h8-11H,4-7,12-13H2,1-3H3. The Morgan fingerprint density at radius 3 is 2.00 bits per heavy atom. The number of methoxy groups -OCH3 is 1. The summed E-state index contributed by atoms with van der Waals surface area (Å²) < 4.78 is 59.8. The maximum atomic E-state index is 13.2. The van der Waals surface area contributed by atoms with E-state index in [1.807, 2.05) is 0 Å². The number of aryl methyl sites for hydroxylation is 1. The van der Waals surface area contributed by atoms with Crippen LogP contribution in [0.2, 0.25) is 0 Å². The van der Waals surface area contributed by atoms with Gasteiger partial charge in [-0.2, -0.15) is 21.9 Å². The van der Waals surface area contributed by atoms with Gasteiger partial charge in [-0.25, -0.2) is 8.42 Å². The lowest BCUT2D eigenvalue weighted by Gasteiger charge is -2.20. The monoisotopic (exact) mass is 427 g/mol. The van der Waals surface area contributed by atoms with Gasteiger partial charge in [0.1, 0.15) is 10.6 Å². The van der Waals surface area contributed by atoms with E-state index in [4.69, 9.17) is 4.74 Å². The van der Waals surface area contributed by atoms with Gasteiger partial charge in [0.15, 0.2) is 0 Å². The second-order valence-electron chi connectivity index (χ2n) is 6.84. The van der Waals surface area contributed by atoms with Gasteiger partial charge >= 0.3 is 0 Å². The fourth-order valence-corrected chi connectivity index (χ4v) is 6.76. The van der Waals surface area contributed by atoms with Crippen molar-refractivity contribution in [3.8, 4) is 5.75 Å². The summed E-state index contributed by atoms with van der Waals surface area (Å²) in [6.07, 6.45) is 3.59. The van der Waals surface area contributed by atoms with E-state index in [1.54, 1.807) is 0 Å². The Bertz CT molecular complexity index is 1050. The molecule has 0 amide bonds. The molecule has 2 aromatic rings. The first kappa shape index (κ1) is 20.8. The van der Waals surface area contributed by atoms with Gasteiger partial charge < -0.3 is 4.74 Å². The molecule has 0 saturated carbocycles. The minimum absolute atomic E-state index is 0.0117. The molecule has 0 spiro atoms. The van der Waals surface area contributed by atoms with Crippen LogP contribution >= 0.6 is 0 Å². The maximum Gasteiger partial charge on any atom is 0.283 e. The van der Waals surface area contributed by atoms with Crippen molar-refractivity contribution in [1.82, 2.24) is 13.5 Å². The fraction of sp³-hybridized carbons (Fsp3) is 0.500. The average Bonchev–Trinajstić information content (AvgIpc) is 2.84. The molecular formula is C18H25N3O5S2. The second kappa shape index (κ2) is 7.84. The molecule has 1 aliphatic rings. The molecule has 3 rings (SSSR count). The van der Waals surface area contributed by atoms with Gasteiger partial charge in [0.2, 0.25) is 10.0 Å². The van der Waals surface area contributed by atoms with Crippen LogP contribution in [-0.2, 0) is 20.0 Å². The molecule has 0 atom stereocenters. The van der Waals surface area contributed by atoms with Gasteiger partial charge in [-0.15, -0.1) is 0 Å². The highest BCUT2D eigenvalue weighted by Crippen LogP contribution is 2.28. The lowest BCUT2D eigenvalue weighted by molar-refractivity contribution is 0.414. The number of nitrogens with zero attached hydrogens (tertiary/aromatic N) is 3. The number of benzene rings is 1. The Kier molecular flexibility index (Phi) is 5.83. The number of ether oxygens (including phenoxy) is 1. The van der Waals surface area contributed by atoms with E-state index >= 15 is 0 Å². The third-order valence-electron chi connectivity index (χ3n) is 4.93. The van der Waals surface area contributed by atoms with E-state index < -0.39 is 20.0 Å². The van der Waals surface area contributed by atoms with Gasteiger partial charge in [0.25, 0.3) is 10.0 Å². The summed E-state index contributed by atoms with van der Waals surface area (Å²) >= 11 is 0. The van der Waals surface area contributed by atoms with Crippen molar-refractivity contribution in [2.45, 2.75) is 49.3 Å². The summed E-state index contributed by atoms with van der Waals surface area (Å²) in [5.41, 5.74) is 0.274. The third kappa shape index (κ3) is 3.68. The van der Waals surface area contributed by atoms with Crippen LogP contribution in [-0.4, -0.2) is 50.5 Å². The summed E-state index contributed by atoms with van der Waals surface area (Å²) in [4.78, 5) is -0.0101. The smallest absolute Gasteiger partial charge is 0.283 e. The zero-order valence-corrected chi connectivity index (χ0v) is 17.9. The molecule has 0 radical (unpaired) electrons. The summed E-state index contributed by atoms with van der Waals surface area (Å²) in [6.45, 7) is 3.89. The van der Waals surface area contributed by atoms with Gasteiger partial charge in [-0.1, -0.05) is 12.8 Å². The van der Waals surface area contributed by atoms with Gasteiger partial charge in [0.05, 0.1) is 23.4 Å². The lowest BCUT2D eigenvalue weighted by atomic mass is 10.2. The molecule has 1 aromatic heterocycles. The predicted molar refractivity (Wildman–Crippen MR) is 105 cm³/mol. The highest BCUT2D eigenvalue weighted by molar-refractivity contribution is 7.90. The fourth-order valence-electron chi connectivity index (χ4n) is 3.47. The lowest BCUT2D eigenvalue weighted by Crippen LogP contribution is -2.32. The first-order valence-electron chi connectivity index (χ1n) is 9.15. The minimum Gasteiger partial charge on any atom is -0.497 e. The van der Waals surface area contributed by atoms with E-state index in [-0.39, 0.29) is 21.2 Å². The molecule has 8 nitrogen and oxygen atoms in total. The quantitative estimate of drug-likeness (QED) is 0.726. The van der Waals surface area contributed by atoms with E-state index in [0.717, 1.165) is 29.8 Å². The highest BCUT2D eigenvalue weighted by atomic mass is 32.2. The molecule has 0 unspecified atom stereocenters. The molecule has 154 valence electrons. The molecular weight excluding hydrogens is 402 g/mol. The maximum absolute atomic E-state index is 13.2. The predicted octanol–water partition coefficient (Wildman–Crippen LogP) is 2.31. The summed E-state index contributed by atoms with van der Waals surface area (Å²) in [5, 5.41) is 4.08. The number of hydrogen-bond donors (Lipinski definition) is 0. The molecule has 28 heavy (non-hydrogen) atoms. The Morgan fingerprint density at radius 1 is 0.893 bits per heavy atom. The van der Waals surface area contributed by atoms with E-state index in [9.17, 15) is 16.8 Å². The summed E-state index contributed by atoms with van der Waals surface area (Å²) in [5.74, 6) is 0.525. The third-order valence-corrected chi connectivity index (χ3v) is 8.76. The van der Waals surface area contributed by atoms with Crippen molar-refractivity contribution < 1.29 is 21.6 Å². The van der Waals surface area contributed by atoms with E-state index in [0.29, 0.717) is 18.8 Å². The molecule has 1 aromatic carbocycles. The molecule has 0 bridgehead atoms. The van der Waals surface area contributed by atoms with Crippen molar-refractivity contribution in [3.63, 3.8) is 0 Å². The van der Waals surface area contributed by atoms with Crippen molar-refractivity contribution in [2.75, 3.05) is 20.2 Å². The Labute approximate surface area is 166 Å². The minimum atomic E-state index is -4.03. The molecule has 0 aliphatic carbocycles. The number of sulfonamides is 1. The van der Waals surface area contributed by atoms with Gasteiger partial charge in [-0.3, -0.25) is 0 Å². The topological polar surface area (TPSA) is 98.6 Å². The van der Waals surface area contributed by atoms with Crippen LogP contribution in [0.1, 0.15) is 37.1 Å². The molecule has 1 aliphatic heterocycles. The summed E-state index contributed by atoms with van der Waals surface area (Å²) in [7, 11) is -6.35. The van der Waals surface area contributed by atoms with Crippen LogP contribution in [0.5, 0.6) is 5.75 Å². The van der Waals surface area contributed by atoms with Gasteiger partial charge in [-0.05, 0) is 51.0 Å². The zero-order valence-electron chi connectivity index (χ0n) is 16.3. The normalized spacial score (nSPS) is 16.7. The van der Waals surface area contributed by atoms with Crippen LogP contribution in [0.4, 0.5) is 0 Å². The Morgan fingerprint density at radius 2 is 1.46 bits per heavy atom. The first-order chi connectivity index (χ1) is 13.2. The van der Waals surface area contributed by atoms with Crippen molar-refractivity contribution in [1.29, 1.82) is 0 Å². The number of aromatic nitrogens is 2. The largest absolute Gasteiger partial charge is 0.497 e. The second-order valence-corrected chi connectivity index (χ2v) is 10.5. The Balaban J connectivity index is 2.05. The molecule has 1 saturated heterocycles. The zero-order chi connectivity index (χ0) is 20.5. The van der Waals surface area contributed by atoms with Gasteiger partial charge in [0, 0.05) is 13.1 Å². The molecule has 2 heterocycles. The van der Waals surface area contributed by atoms with Crippen molar-refractivity contribution in [3.05, 3.63) is 35.7 Å².